The molecule has 0 radical (unpaired) electrons. The van der Waals surface area contributed by atoms with Crippen molar-refractivity contribution in [3.8, 4) is 11.1 Å². The molecule has 58 heavy (non-hydrogen) atoms. The maximum Gasteiger partial charge on any atom is -1.00 e. The Morgan fingerprint density at radius 2 is 0.914 bits per heavy atom. The summed E-state index contributed by atoms with van der Waals surface area (Å²) in [5, 5.41) is 1.54. The molecule has 2 aliphatic rings. The number of hydrogen-bond acceptors (Lipinski definition) is 0. The average Bonchev–Trinajstić information content (AvgIpc) is 3.64. The summed E-state index contributed by atoms with van der Waals surface area (Å²) < 4.78 is 3.39. The van der Waals surface area contributed by atoms with Gasteiger partial charge >= 0.3 is 361 Å². The summed E-state index contributed by atoms with van der Waals surface area (Å²) in [6, 6.07) is 28.0. The van der Waals surface area contributed by atoms with Crippen LogP contribution in [0.4, 0.5) is 0 Å². The molecule has 310 valence electrons. The molecule has 0 fully saturated rings. The van der Waals surface area contributed by atoms with Crippen molar-refractivity contribution in [2.24, 2.45) is 11.3 Å². The Bertz CT molecular complexity index is 2160. The van der Waals surface area contributed by atoms with Gasteiger partial charge in [0, 0.05) is 0 Å². The molecule has 6 rings (SSSR count). The van der Waals surface area contributed by atoms with Crippen molar-refractivity contribution in [2.75, 3.05) is 0 Å². The van der Waals surface area contributed by atoms with Crippen LogP contribution >= 0.6 is 23.2 Å². The van der Waals surface area contributed by atoms with Crippen molar-refractivity contribution in [3.63, 3.8) is 0 Å². The second kappa shape index (κ2) is 17.2. The molecule has 0 aromatic heterocycles. The summed E-state index contributed by atoms with van der Waals surface area (Å²) >= 11 is 10.7. The van der Waals surface area contributed by atoms with E-state index in [4.69, 9.17) is 23.2 Å². The van der Waals surface area contributed by atoms with Crippen LogP contribution in [-0.4, -0.2) is 3.21 Å². The Morgan fingerprint density at radius 1 is 0.534 bits per heavy atom. The minimum absolute atomic E-state index is 0. The molecule has 1 unspecified atom stereocenters. The zero-order chi connectivity index (χ0) is 41.5. The van der Waals surface area contributed by atoms with Gasteiger partial charge in [-0.25, -0.2) is 0 Å². The summed E-state index contributed by atoms with van der Waals surface area (Å²) in [5.74, 6) is 0.381. The van der Waals surface area contributed by atoms with E-state index in [1.807, 2.05) is 12.1 Å². The Kier molecular flexibility index (Phi) is 14.5. The van der Waals surface area contributed by atoms with Crippen LogP contribution in [0.25, 0.3) is 11.1 Å². The molecule has 0 heterocycles. The van der Waals surface area contributed by atoms with Gasteiger partial charge in [-0.2, -0.15) is 0 Å². The first-order valence-corrected chi connectivity index (χ1v) is 25.4. The standard InChI is InChI=1S/C29H41.C13H8Cl2.C11H17.2ClH.Zr/c1-26(2,3)22-14-18-13-19-15-23(27(4,5)6)25(29(10,11)12)17-21(19)20(18)16-24(22)28(7,8)9;14-12-5-1-3-10(8-12)7-11-4-2-6-13(15)9-11;1-5-9-6-7-10(8-9)11(2,3)4;;;/h13-17H,1-12H3;1-6,8-9H;7-9H,5H2,1-4H3;2*1H;/q;;;;;+2/p-2. The first-order valence-electron chi connectivity index (χ1n) is 20.8. The van der Waals surface area contributed by atoms with Gasteiger partial charge in [0.2, 0.25) is 0 Å². The van der Waals surface area contributed by atoms with E-state index in [9.17, 15) is 0 Å². The molecule has 4 aromatic carbocycles. The summed E-state index contributed by atoms with van der Waals surface area (Å²) in [6.07, 6.45) is 6.36. The van der Waals surface area contributed by atoms with Gasteiger partial charge in [-0.05, 0) is 0 Å². The van der Waals surface area contributed by atoms with E-state index < -0.39 is 21.3 Å². The predicted molar refractivity (Wildman–Crippen MR) is 244 cm³/mol. The average molecular weight is 936 g/mol. The fourth-order valence-corrected chi connectivity index (χ4v) is 19.1. The molecule has 0 bridgehead atoms. The number of hydrogen-bond donors (Lipinski definition) is 0. The van der Waals surface area contributed by atoms with E-state index in [-0.39, 0.29) is 55.5 Å². The quantitative estimate of drug-likeness (QED) is 0.187. The van der Waals surface area contributed by atoms with Gasteiger partial charge in [0.15, 0.2) is 0 Å². The fraction of sp³-hybridized carbons (Fsp3) is 0.453. The van der Waals surface area contributed by atoms with Crippen molar-refractivity contribution < 1.29 is 46.1 Å². The monoisotopic (exact) mass is 932 g/mol. The van der Waals surface area contributed by atoms with Crippen LogP contribution in [0, 0.1) is 11.3 Å². The van der Waals surface area contributed by atoms with Crippen molar-refractivity contribution in [1.82, 2.24) is 0 Å². The molecule has 0 spiro atoms. The predicted octanol–water partition coefficient (Wildman–Crippen LogP) is 10.0. The molecule has 0 aliphatic heterocycles. The number of halogens is 4. The van der Waals surface area contributed by atoms with Gasteiger partial charge in [0.1, 0.15) is 0 Å². The molecular weight excluding hydrogens is 870 g/mol. The van der Waals surface area contributed by atoms with E-state index in [1.165, 1.54) is 64.4 Å². The zero-order valence-corrected chi connectivity index (χ0v) is 43.4. The van der Waals surface area contributed by atoms with Crippen molar-refractivity contribution in [3.05, 3.63) is 148 Å². The Hall–Kier alpha value is -1.73. The van der Waals surface area contributed by atoms with Gasteiger partial charge in [0.25, 0.3) is 0 Å². The molecule has 1 atom stereocenters. The van der Waals surface area contributed by atoms with E-state index in [0.29, 0.717) is 5.92 Å². The third kappa shape index (κ3) is 9.66. The van der Waals surface area contributed by atoms with Crippen molar-refractivity contribution >= 4 is 26.4 Å². The van der Waals surface area contributed by atoms with Crippen LogP contribution in [-0.2, 0) is 42.9 Å². The number of rotatable bonds is 5. The maximum atomic E-state index is 6.95. The SMILES string of the molecule is CCC1C=C(C(C)(C)C)C=[C]1[Zr+2](=[C](c1cccc(Cl)c1)c1cccc(Cl)c1)[CH]1c2cc(C(C)(C)C)c(C(C)(C)C)cc2-c2cc(C(C)(C)C)c(C(C)(C)C)cc21.[Cl-].[Cl-]. The van der Waals surface area contributed by atoms with Crippen LogP contribution in [0.5, 0.6) is 0 Å². The Labute approximate surface area is 382 Å². The zero-order valence-electron chi connectivity index (χ0n) is 38.0. The van der Waals surface area contributed by atoms with Crippen molar-refractivity contribution in [1.29, 1.82) is 0 Å². The first-order chi connectivity index (χ1) is 25.7. The summed E-state index contributed by atoms with van der Waals surface area (Å²) in [7, 11) is 0. The third-order valence-electron chi connectivity index (χ3n) is 12.0. The van der Waals surface area contributed by atoms with Crippen LogP contribution in [0.1, 0.15) is 165 Å². The topological polar surface area (TPSA) is 0 Å². The summed E-state index contributed by atoms with van der Waals surface area (Å²) in [4.78, 5) is 0. The second-order valence-electron chi connectivity index (χ2n) is 21.7. The van der Waals surface area contributed by atoms with Crippen LogP contribution in [0.2, 0.25) is 10.0 Å². The van der Waals surface area contributed by atoms with E-state index in [2.05, 4.69) is 184 Å². The van der Waals surface area contributed by atoms with Gasteiger partial charge in [-0.1, -0.05) is 0 Å². The molecule has 4 aromatic rings. The van der Waals surface area contributed by atoms with Gasteiger partial charge in [0.05, 0.1) is 0 Å². The first kappa shape index (κ1) is 48.9. The number of benzene rings is 4. The van der Waals surface area contributed by atoms with Crippen molar-refractivity contribution in [2.45, 2.75) is 142 Å². The molecule has 0 nitrogen and oxygen atoms in total. The van der Waals surface area contributed by atoms with E-state index in [1.54, 1.807) is 3.28 Å². The molecule has 0 saturated heterocycles. The van der Waals surface area contributed by atoms with E-state index >= 15 is 0 Å². The number of allylic oxidation sites excluding steroid dienone is 4. The second-order valence-corrected chi connectivity index (χ2v) is 28.7. The summed E-state index contributed by atoms with van der Waals surface area (Å²) in [5.41, 5.74) is 15.6. The van der Waals surface area contributed by atoms with Crippen LogP contribution < -0.4 is 24.8 Å². The van der Waals surface area contributed by atoms with Gasteiger partial charge in [-0.15, -0.1) is 0 Å². The molecule has 0 N–H and O–H groups in total. The molecule has 2 aliphatic carbocycles. The number of fused-ring (bicyclic) bond motifs is 3. The Balaban J connectivity index is 0.00000372. The molecular formula is C53H66Cl4Zr. The smallest absolute Gasteiger partial charge is 1.00 e. The summed E-state index contributed by atoms with van der Waals surface area (Å²) in [6.45, 7) is 38.3. The van der Waals surface area contributed by atoms with Gasteiger partial charge in [-0.3, -0.25) is 0 Å². The van der Waals surface area contributed by atoms with E-state index in [0.717, 1.165) is 16.5 Å². The fourth-order valence-electron chi connectivity index (χ4n) is 9.07. The third-order valence-corrected chi connectivity index (χ3v) is 21.0. The van der Waals surface area contributed by atoms with Crippen LogP contribution in [0.3, 0.4) is 0 Å². The Morgan fingerprint density at radius 3 is 1.24 bits per heavy atom. The largest absolute Gasteiger partial charge is 1.00 e. The molecule has 0 amide bonds. The van der Waals surface area contributed by atoms with Gasteiger partial charge < -0.3 is 24.8 Å². The van der Waals surface area contributed by atoms with Crippen LogP contribution in [0.15, 0.2) is 93.8 Å². The molecule has 5 heteroatoms. The normalized spacial score (nSPS) is 15.7. The molecule has 0 saturated carbocycles. The minimum atomic E-state index is -3.20. The maximum absolute atomic E-state index is 6.95. The minimum Gasteiger partial charge on any atom is -1.00 e.